The van der Waals surface area contributed by atoms with Gasteiger partial charge in [0.1, 0.15) is 0 Å². The Balaban J connectivity index is 1.19. The average molecular weight is 328 g/mol. The Labute approximate surface area is 135 Å². The second-order valence-electron chi connectivity index (χ2n) is 7.93. The van der Waals surface area contributed by atoms with E-state index in [1.54, 1.807) is 0 Å². The number of ether oxygens (including phenoxy) is 1. The maximum absolute atomic E-state index is 12.8. The number of amides is 1. The van der Waals surface area contributed by atoms with Crippen molar-refractivity contribution in [2.75, 3.05) is 26.2 Å². The van der Waals surface area contributed by atoms with Crippen LogP contribution in [0.3, 0.4) is 0 Å². The number of likely N-dealkylation sites (tertiary alicyclic amines) is 1. The molecule has 4 fully saturated rings. The van der Waals surface area contributed by atoms with E-state index >= 15 is 0 Å². The molecule has 130 valence electrons. The van der Waals surface area contributed by atoms with Gasteiger partial charge in [0.2, 0.25) is 11.8 Å². The molecule has 6 heteroatoms. The summed E-state index contributed by atoms with van der Waals surface area (Å²) in [6.45, 7) is 3.46. The SMILES string of the molecule is O=C(NCC[C@@H]1CCOC12CN(C1CCC1)C2)C1CC(F)(F)C1. The van der Waals surface area contributed by atoms with Crippen LogP contribution >= 0.6 is 0 Å². The van der Waals surface area contributed by atoms with Gasteiger partial charge in [-0.3, -0.25) is 9.69 Å². The highest BCUT2D eigenvalue weighted by molar-refractivity contribution is 5.79. The Morgan fingerprint density at radius 2 is 1.96 bits per heavy atom. The normalized spacial score (nSPS) is 33.0. The minimum atomic E-state index is -2.62. The molecule has 0 radical (unpaired) electrons. The van der Waals surface area contributed by atoms with Gasteiger partial charge >= 0.3 is 0 Å². The summed E-state index contributed by atoms with van der Waals surface area (Å²) < 4.78 is 31.7. The lowest BCUT2D eigenvalue weighted by Crippen LogP contribution is -2.68. The minimum Gasteiger partial charge on any atom is -0.372 e. The van der Waals surface area contributed by atoms with Gasteiger partial charge in [-0.15, -0.1) is 0 Å². The Bertz CT molecular complexity index is 467. The van der Waals surface area contributed by atoms with Gasteiger partial charge in [-0.05, 0) is 31.6 Å². The third-order valence-electron chi connectivity index (χ3n) is 6.39. The van der Waals surface area contributed by atoms with Gasteiger partial charge in [0.25, 0.3) is 0 Å². The molecule has 1 amide bonds. The van der Waals surface area contributed by atoms with Crippen molar-refractivity contribution in [1.29, 1.82) is 0 Å². The van der Waals surface area contributed by atoms with Crippen molar-refractivity contribution in [3.05, 3.63) is 0 Å². The molecule has 4 nitrogen and oxygen atoms in total. The smallest absolute Gasteiger partial charge is 0.249 e. The molecule has 0 unspecified atom stereocenters. The summed E-state index contributed by atoms with van der Waals surface area (Å²) >= 11 is 0. The van der Waals surface area contributed by atoms with Crippen molar-refractivity contribution < 1.29 is 18.3 Å². The van der Waals surface area contributed by atoms with Crippen molar-refractivity contribution in [2.24, 2.45) is 11.8 Å². The Hall–Kier alpha value is -0.750. The first-order valence-corrected chi connectivity index (χ1v) is 9.01. The number of alkyl halides is 2. The molecule has 0 aromatic heterocycles. The molecule has 23 heavy (non-hydrogen) atoms. The fourth-order valence-corrected chi connectivity index (χ4v) is 4.55. The van der Waals surface area contributed by atoms with Gasteiger partial charge in [0.05, 0.1) is 5.60 Å². The van der Waals surface area contributed by atoms with Crippen LogP contribution in [0.25, 0.3) is 0 Å². The van der Waals surface area contributed by atoms with Gasteiger partial charge in [-0.25, -0.2) is 8.78 Å². The predicted molar refractivity (Wildman–Crippen MR) is 81.3 cm³/mol. The minimum absolute atomic E-state index is 0.00379. The first-order valence-electron chi connectivity index (χ1n) is 9.01. The van der Waals surface area contributed by atoms with Crippen LogP contribution in [-0.2, 0) is 9.53 Å². The first-order chi connectivity index (χ1) is 11.0. The van der Waals surface area contributed by atoms with Gasteiger partial charge in [-0.2, -0.15) is 0 Å². The second-order valence-corrected chi connectivity index (χ2v) is 7.93. The molecule has 1 N–H and O–H groups in total. The highest BCUT2D eigenvalue weighted by Gasteiger charge is 2.54. The molecule has 4 aliphatic rings. The molecule has 4 rings (SSSR count). The van der Waals surface area contributed by atoms with Crippen LogP contribution < -0.4 is 5.32 Å². The molecule has 2 saturated heterocycles. The van der Waals surface area contributed by atoms with Crippen molar-refractivity contribution in [2.45, 2.75) is 62.5 Å². The third-order valence-corrected chi connectivity index (χ3v) is 6.39. The lowest BCUT2D eigenvalue weighted by atomic mass is 9.76. The zero-order valence-electron chi connectivity index (χ0n) is 13.5. The van der Waals surface area contributed by atoms with E-state index in [-0.39, 0.29) is 24.3 Å². The predicted octanol–water partition coefficient (Wildman–Crippen LogP) is 2.18. The average Bonchev–Trinajstić information content (AvgIpc) is 2.77. The number of halogens is 2. The van der Waals surface area contributed by atoms with Gasteiger partial charge in [0, 0.05) is 51.0 Å². The van der Waals surface area contributed by atoms with E-state index in [2.05, 4.69) is 10.2 Å². The molecule has 1 atom stereocenters. The summed E-state index contributed by atoms with van der Waals surface area (Å²) in [5, 5.41) is 2.85. The lowest BCUT2D eigenvalue weighted by molar-refractivity contribution is -0.157. The fourth-order valence-electron chi connectivity index (χ4n) is 4.55. The summed E-state index contributed by atoms with van der Waals surface area (Å²) in [5.41, 5.74) is 0.00379. The summed E-state index contributed by atoms with van der Waals surface area (Å²) in [6, 6.07) is 0.769. The van der Waals surface area contributed by atoms with Crippen LogP contribution in [0.5, 0.6) is 0 Å². The van der Waals surface area contributed by atoms with E-state index in [9.17, 15) is 13.6 Å². The highest BCUT2D eigenvalue weighted by Crippen LogP contribution is 2.45. The van der Waals surface area contributed by atoms with Gasteiger partial charge in [-0.1, -0.05) is 6.42 Å². The van der Waals surface area contributed by atoms with E-state index in [1.807, 2.05) is 0 Å². The molecule has 1 spiro atoms. The Morgan fingerprint density at radius 1 is 1.22 bits per heavy atom. The monoisotopic (exact) mass is 328 g/mol. The summed E-state index contributed by atoms with van der Waals surface area (Å²) in [6.07, 6.45) is 5.37. The van der Waals surface area contributed by atoms with Crippen LogP contribution in [0.4, 0.5) is 8.78 Å². The van der Waals surface area contributed by atoms with E-state index in [1.165, 1.54) is 19.3 Å². The second kappa shape index (κ2) is 5.66. The number of hydrogen-bond donors (Lipinski definition) is 1. The van der Waals surface area contributed by atoms with Crippen LogP contribution in [0, 0.1) is 11.8 Å². The number of nitrogens with one attached hydrogen (secondary N) is 1. The maximum Gasteiger partial charge on any atom is 0.249 e. The maximum atomic E-state index is 12.8. The van der Waals surface area contributed by atoms with E-state index < -0.39 is 11.8 Å². The highest BCUT2D eigenvalue weighted by atomic mass is 19.3. The summed E-state index contributed by atoms with van der Waals surface area (Å²) in [5.74, 6) is -2.82. The van der Waals surface area contributed by atoms with Crippen LogP contribution in [-0.4, -0.2) is 54.6 Å². The molecule has 2 aliphatic carbocycles. The number of nitrogens with zero attached hydrogens (tertiary/aromatic N) is 1. The molecule has 2 heterocycles. The van der Waals surface area contributed by atoms with Crippen LogP contribution in [0.1, 0.15) is 44.9 Å². The number of hydrogen-bond acceptors (Lipinski definition) is 3. The van der Waals surface area contributed by atoms with E-state index in [0.717, 1.165) is 38.6 Å². The van der Waals surface area contributed by atoms with Crippen molar-refractivity contribution in [3.63, 3.8) is 0 Å². The molecule has 2 saturated carbocycles. The van der Waals surface area contributed by atoms with Gasteiger partial charge < -0.3 is 10.1 Å². The van der Waals surface area contributed by atoms with E-state index in [4.69, 9.17) is 4.74 Å². The quantitative estimate of drug-likeness (QED) is 0.841. The summed E-state index contributed by atoms with van der Waals surface area (Å²) in [4.78, 5) is 14.4. The van der Waals surface area contributed by atoms with Crippen LogP contribution in [0.15, 0.2) is 0 Å². The van der Waals surface area contributed by atoms with Crippen molar-refractivity contribution in [1.82, 2.24) is 10.2 Å². The molecule has 2 aliphatic heterocycles. The molecule has 0 aromatic rings. The zero-order valence-corrected chi connectivity index (χ0v) is 13.5. The number of carbonyl (C=O) groups excluding carboxylic acids is 1. The molecular weight excluding hydrogens is 302 g/mol. The number of carbonyl (C=O) groups is 1. The van der Waals surface area contributed by atoms with Crippen LogP contribution in [0.2, 0.25) is 0 Å². The Morgan fingerprint density at radius 3 is 2.57 bits per heavy atom. The summed E-state index contributed by atoms with van der Waals surface area (Å²) in [7, 11) is 0. The lowest BCUT2D eigenvalue weighted by Gasteiger charge is -2.55. The zero-order chi connectivity index (χ0) is 16.1. The first kappa shape index (κ1) is 15.8. The third kappa shape index (κ3) is 2.88. The van der Waals surface area contributed by atoms with Crippen molar-refractivity contribution in [3.8, 4) is 0 Å². The molecule has 0 bridgehead atoms. The van der Waals surface area contributed by atoms with E-state index in [0.29, 0.717) is 12.5 Å². The topological polar surface area (TPSA) is 41.6 Å². The number of rotatable bonds is 5. The largest absolute Gasteiger partial charge is 0.372 e. The Kier molecular flexibility index (Phi) is 3.88. The fraction of sp³-hybridized carbons (Fsp3) is 0.941. The molecule has 0 aromatic carbocycles. The molecular formula is C17H26F2N2O2. The standard InChI is InChI=1S/C17H26F2N2O2/c18-17(19)8-12(9-17)15(22)20-6-4-13-5-7-23-16(13)10-21(11-16)14-2-1-3-14/h12-14H,1-11H2,(H,20,22)/t13-/m1/s1. The van der Waals surface area contributed by atoms with Crippen molar-refractivity contribution >= 4 is 5.91 Å². The van der Waals surface area contributed by atoms with Gasteiger partial charge in [0.15, 0.2) is 0 Å².